The monoisotopic (exact) mass is 340 g/mol. The maximum Gasteiger partial charge on any atom is 0.253 e. The van der Waals surface area contributed by atoms with Crippen LogP contribution in [0.2, 0.25) is 0 Å². The van der Waals surface area contributed by atoms with Crippen LogP contribution in [-0.2, 0) is 18.3 Å². The Morgan fingerprint density at radius 2 is 2.20 bits per heavy atom. The summed E-state index contributed by atoms with van der Waals surface area (Å²) in [6, 6.07) is 7.17. The van der Waals surface area contributed by atoms with Gasteiger partial charge >= 0.3 is 0 Å². The molecule has 1 fully saturated rings. The SMILES string of the molecule is CCC(=O)Nc1cccc(C(=O)N2CCC(Cc3cnn(C)c3)C2)c1. The molecular weight excluding hydrogens is 316 g/mol. The average Bonchev–Trinajstić information content (AvgIpc) is 3.24. The summed E-state index contributed by atoms with van der Waals surface area (Å²) in [6.07, 6.45) is 6.30. The molecule has 1 aliphatic heterocycles. The van der Waals surface area contributed by atoms with Crippen LogP contribution in [0.25, 0.3) is 0 Å². The molecule has 132 valence electrons. The Hall–Kier alpha value is -2.63. The number of hydrogen-bond donors (Lipinski definition) is 1. The lowest BCUT2D eigenvalue weighted by Crippen LogP contribution is -2.29. The summed E-state index contributed by atoms with van der Waals surface area (Å²) in [7, 11) is 1.91. The van der Waals surface area contributed by atoms with E-state index in [0.717, 1.165) is 25.9 Å². The number of nitrogens with zero attached hydrogens (tertiary/aromatic N) is 3. The highest BCUT2D eigenvalue weighted by molar-refractivity contribution is 5.97. The molecule has 0 radical (unpaired) electrons. The van der Waals surface area contributed by atoms with E-state index < -0.39 is 0 Å². The second kappa shape index (κ2) is 7.51. The van der Waals surface area contributed by atoms with Crippen molar-refractivity contribution >= 4 is 17.5 Å². The first kappa shape index (κ1) is 17.2. The molecule has 6 heteroatoms. The number of aryl methyl sites for hydroxylation is 1. The number of amides is 2. The molecule has 1 saturated heterocycles. The summed E-state index contributed by atoms with van der Waals surface area (Å²) >= 11 is 0. The quantitative estimate of drug-likeness (QED) is 0.909. The van der Waals surface area contributed by atoms with Crippen LogP contribution in [-0.4, -0.2) is 39.6 Å². The first-order valence-electron chi connectivity index (χ1n) is 8.72. The molecule has 1 aliphatic rings. The van der Waals surface area contributed by atoms with Gasteiger partial charge in [0.15, 0.2) is 0 Å². The van der Waals surface area contributed by atoms with E-state index in [0.29, 0.717) is 23.6 Å². The lowest BCUT2D eigenvalue weighted by Gasteiger charge is -2.17. The second-order valence-electron chi connectivity index (χ2n) is 6.61. The van der Waals surface area contributed by atoms with Crippen LogP contribution in [0.5, 0.6) is 0 Å². The second-order valence-corrected chi connectivity index (χ2v) is 6.61. The number of likely N-dealkylation sites (tertiary alicyclic amines) is 1. The standard InChI is InChI=1S/C19H24N4O2/c1-3-18(24)21-17-6-4-5-16(10-17)19(25)23-8-7-14(13-23)9-15-11-20-22(2)12-15/h4-6,10-12,14H,3,7-9,13H2,1-2H3,(H,21,24). The van der Waals surface area contributed by atoms with E-state index in [9.17, 15) is 9.59 Å². The van der Waals surface area contributed by atoms with Gasteiger partial charge in [-0.2, -0.15) is 5.10 Å². The Bertz CT molecular complexity index is 768. The van der Waals surface area contributed by atoms with E-state index in [1.54, 1.807) is 25.1 Å². The molecule has 2 amide bonds. The number of hydrogen-bond acceptors (Lipinski definition) is 3. The van der Waals surface area contributed by atoms with Gasteiger partial charge in [0.25, 0.3) is 5.91 Å². The Morgan fingerprint density at radius 1 is 1.36 bits per heavy atom. The number of aromatic nitrogens is 2. The van der Waals surface area contributed by atoms with Crippen LogP contribution < -0.4 is 5.32 Å². The number of carbonyl (C=O) groups is 2. The van der Waals surface area contributed by atoms with Gasteiger partial charge in [-0.25, -0.2) is 0 Å². The van der Waals surface area contributed by atoms with Crippen LogP contribution in [0.15, 0.2) is 36.7 Å². The fourth-order valence-electron chi connectivity index (χ4n) is 3.26. The minimum absolute atomic E-state index is 0.0290. The molecule has 2 aromatic rings. The maximum absolute atomic E-state index is 12.8. The molecule has 1 unspecified atom stereocenters. The maximum atomic E-state index is 12.8. The third-order valence-electron chi connectivity index (χ3n) is 4.57. The minimum Gasteiger partial charge on any atom is -0.338 e. The molecule has 3 rings (SSSR count). The lowest BCUT2D eigenvalue weighted by molar-refractivity contribution is -0.115. The fourth-order valence-corrected chi connectivity index (χ4v) is 3.26. The average molecular weight is 340 g/mol. The summed E-state index contributed by atoms with van der Waals surface area (Å²) < 4.78 is 1.81. The van der Waals surface area contributed by atoms with Crippen molar-refractivity contribution in [2.75, 3.05) is 18.4 Å². The largest absolute Gasteiger partial charge is 0.338 e. The van der Waals surface area contributed by atoms with Gasteiger partial charge < -0.3 is 10.2 Å². The summed E-state index contributed by atoms with van der Waals surface area (Å²) in [5.74, 6) is 0.444. The van der Waals surface area contributed by atoms with Crippen molar-refractivity contribution in [1.82, 2.24) is 14.7 Å². The highest BCUT2D eigenvalue weighted by atomic mass is 16.2. The van der Waals surface area contributed by atoms with E-state index in [1.807, 2.05) is 35.1 Å². The van der Waals surface area contributed by atoms with Crippen molar-refractivity contribution in [2.45, 2.75) is 26.2 Å². The van der Waals surface area contributed by atoms with Crippen LogP contribution >= 0.6 is 0 Å². The van der Waals surface area contributed by atoms with Gasteiger partial charge in [-0.1, -0.05) is 13.0 Å². The predicted molar refractivity (Wildman–Crippen MR) is 96.3 cm³/mol. The van der Waals surface area contributed by atoms with E-state index in [4.69, 9.17) is 0 Å². The molecule has 25 heavy (non-hydrogen) atoms. The van der Waals surface area contributed by atoms with Gasteiger partial charge in [0, 0.05) is 44.0 Å². The van der Waals surface area contributed by atoms with Crippen molar-refractivity contribution in [2.24, 2.45) is 13.0 Å². The van der Waals surface area contributed by atoms with Crippen molar-refractivity contribution in [1.29, 1.82) is 0 Å². The molecule has 0 aliphatic carbocycles. The highest BCUT2D eigenvalue weighted by Gasteiger charge is 2.27. The molecule has 6 nitrogen and oxygen atoms in total. The van der Waals surface area contributed by atoms with Crippen LogP contribution in [0.1, 0.15) is 35.7 Å². The smallest absolute Gasteiger partial charge is 0.253 e. The topological polar surface area (TPSA) is 67.2 Å². The third-order valence-corrected chi connectivity index (χ3v) is 4.57. The Balaban J connectivity index is 1.61. The summed E-state index contributed by atoms with van der Waals surface area (Å²) in [4.78, 5) is 26.2. The Morgan fingerprint density at radius 3 is 2.92 bits per heavy atom. The molecular formula is C19H24N4O2. The first-order chi connectivity index (χ1) is 12.0. The summed E-state index contributed by atoms with van der Waals surface area (Å²) in [5, 5.41) is 7.00. The van der Waals surface area contributed by atoms with Crippen LogP contribution in [0.4, 0.5) is 5.69 Å². The van der Waals surface area contributed by atoms with Gasteiger partial charge in [0.2, 0.25) is 5.91 Å². The zero-order chi connectivity index (χ0) is 17.8. The molecule has 1 atom stereocenters. The minimum atomic E-state index is -0.0534. The Labute approximate surface area is 147 Å². The third kappa shape index (κ3) is 4.26. The number of nitrogens with one attached hydrogen (secondary N) is 1. The van der Waals surface area contributed by atoms with Gasteiger partial charge in [0.05, 0.1) is 6.20 Å². The van der Waals surface area contributed by atoms with Crippen molar-refractivity contribution < 1.29 is 9.59 Å². The lowest BCUT2D eigenvalue weighted by atomic mass is 10.0. The van der Waals surface area contributed by atoms with E-state index in [1.165, 1.54) is 5.56 Å². The van der Waals surface area contributed by atoms with Gasteiger partial charge in [0.1, 0.15) is 0 Å². The molecule has 0 bridgehead atoms. The van der Waals surface area contributed by atoms with E-state index in [-0.39, 0.29) is 11.8 Å². The molecule has 2 heterocycles. The number of rotatable bonds is 5. The molecule has 1 N–H and O–H groups in total. The van der Waals surface area contributed by atoms with Crippen LogP contribution in [0.3, 0.4) is 0 Å². The van der Waals surface area contributed by atoms with Gasteiger partial charge in [-0.15, -0.1) is 0 Å². The van der Waals surface area contributed by atoms with E-state index >= 15 is 0 Å². The fraction of sp³-hybridized carbons (Fsp3) is 0.421. The van der Waals surface area contributed by atoms with Gasteiger partial charge in [-0.05, 0) is 42.5 Å². The van der Waals surface area contributed by atoms with Gasteiger partial charge in [-0.3, -0.25) is 14.3 Å². The number of carbonyl (C=O) groups excluding carboxylic acids is 2. The first-order valence-corrected chi connectivity index (χ1v) is 8.72. The normalized spacial score (nSPS) is 16.9. The molecule has 0 spiro atoms. The van der Waals surface area contributed by atoms with Crippen molar-refractivity contribution in [3.8, 4) is 0 Å². The zero-order valence-corrected chi connectivity index (χ0v) is 14.7. The predicted octanol–water partition coefficient (Wildman–Crippen LogP) is 2.47. The molecule has 1 aromatic heterocycles. The molecule has 1 aromatic carbocycles. The molecule has 0 saturated carbocycles. The summed E-state index contributed by atoms with van der Waals surface area (Å²) in [6.45, 7) is 3.34. The van der Waals surface area contributed by atoms with E-state index in [2.05, 4.69) is 10.4 Å². The highest BCUT2D eigenvalue weighted by Crippen LogP contribution is 2.23. The number of anilines is 1. The zero-order valence-electron chi connectivity index (χ0n) is 14.7. The van der Waals surface area contributed by atoms with Crippen molar-refractivity contribution in [3.05, 3.63) is 47.8 Å². The summed E-state index contributed by atoms with van der Waals surface area (Å²) in [5.41, 5.74) is 2.51. The number of benzene rings is 1. The van der Waals surface area contributed by atoms with Crippen LogP contribution in [0, 0.1) is 5.92 Å². The van der Waals surface area contributed by atoms with Crippen molar-refractivity contribution in [3.63, 3.8) is 0 Å². The Kier molecular flexibility index (Phi) is 5.16.